The maximum atomic E-state index is 9.17. The van der Waals surface area contributed by atoms with Gasteiger partial charge >= 0.3 is 0 Å². The van der Waals surface area contributed by atoms with E-state index in [0.717, 1.165) is 44.0 Å². The highest BCUT2D eigenvalue weighted by Gasteiger charge is 2.21. The fourth-order valence-corrected chi connectivity index (χ4v) is 2.27. The van der Waals surface area contributed by atoms with Gasteiger partial charge in [-0.15, -0.1) is 0 Å². The molecule has 1 aliphatic rings. The van der Waals surface area contributed by atoms with E-state index in [1.165, 1.54) is 0 Å². The Labute approximate surface area is 108 Å². The minimum atomic E-state index is 0.277. The molecule has 1 aromatic rings. The molecular formula is C14H19N3O. The molecule has 0 bridgehead atoms. The number of ether oxygens (including phenoxy) is 1. The van der Waals surface area contributed by atoms with Crippen molar-refractivity contribution in [3.05, 3.63) is 23.4 Å². The summed E-state index contributed by atoms with van der Waals surface area (Å²) in [7, 11) is 0. The number of nitriles is 1. The fourth-order valence-electron chi connectivity index (χ4n) is 2.27. The molecule has 0 amide bonds. The van der Waals surface area contributed by atoms with Gasteiger partial charge in [0.2, 0.25) is 0 Å². The van der Waals surface area contributed by atoms with Crippen LogP contribution in [0.3, 0.4) is 0 Å². The molecule has 0 aliphatic carbocycles. The van der Waals surface area contributed by atoms with E-state index in [9.17, 15) is 0 Å². The molecule has 2 heterocycles. The van der Waals surface area contributed by atoms with Gasteiger partial charge in [-0.3, -0.25) is 0 Å². The maximum absolute atomic E-state index is 9.17. The van der Waals surface area contributed by atoms with Crippen LogP contribution in [0.4, 0.5) is 5.82 Å². The van der Waals surface area contributed by atoms with E-state index in [-0.39, 0.29) is 6.10 Å². The van der Waals surface area contributed by atoms with E-state index in [2.05, 4.69) is 22.9 Å². The van der Waals surface area contributed by atoms with Gasteiger partial charge in [-0.1, -0.05) is 0 Å². The summed E-state index contributed by atoms with van der Waals surface area (Å²) < 4.78 is 5.66. The molecule has 1 unspecified atom stereocenters. The molecule has 4 heteroatoms. The summed E-state index contributed by atoms with van der Waals surface area (Å²) in [6.07, 6.45) is 2.51. The van der Waals surface area contributed by atoms with E-state index in [1.54, 1.807) is 0 Å². The summed E-state index contributed by atoms with van der Waals surface area (Å²) in [4.78, 5) is 6.65. The van der Waals surface area contributed by atoms with E-state index < -0.39 is 0 Å². The first-order valence-electron chi connectivity index (χ1n) is 6.49. The Bertz CT molecular complexity index is 447. The first-order chi connectivity index (χ1) is 8.74. The van der Waals surface area contributed by atoms with Crippen molar-refractivity contribution < 1.29 is 4.74 Å². The summed E-state index contributed by atoms with van der Waals surface area (Å²) in [5, 5.41) is 9.17. The Morgan fingerprint density at radius 2 is 2.39 bits per heavy atom. The highest BCUT2D eigenvalue weighted by atomic mass is 16.5. The molecule has 1 aromatic heterocycles. The smallest absolute Gasteiger partial charge is 0.146 e. The third kappa shape index (κ3) is 2.80. The zero-order chi connectivity index (χ0) is 13.0. The molecule has 1 fully saturated rings. The van der Waals surface area contributed by atoms with E-state index in [1.807, 2.05) is 19.1 Å². The number of hydrogen-bond donors (Lipinski definition) is 0. The van der Waals surface area contributed by atoms with Crippen molar-refractivity contribution in [2.75, 3.05) is 24.6 Å². The molecule has 0 N–H and O–H groups in total. The number of pyridine rings is 1. The minimum Gasteiger partial charge on any atom is -0.376 e. The molecule has 1 atom stereocenters. The molecule has 96 valence electrons. The predicted molar refractivity (Wildman–Crippen MR) is 70.6 cm³/mol. The van der Waals surface area contributed by atoms with Crippen LogP contribution in [0.5, 0.6) is 0 Å². The molecule has 0 spiro atoms. The predicted octanol–water partition coefficient (Wildman–Crippen LogP) is 2.27. The number of likely N-dealkylation sites (N-methyl/N-ethyl adjacent to an activating group) is 1. The molecule has 0 radical (unpaired) electrons. The lowest BCUT2D eigenvalue weighted by molar-refractivity contribution is 0.115. The number of rotatable bonds is 4. The third-order valence-corrected chi connectivity index (χ3v) is 3.26. The third-order valence-electron chi connectivity index (χ3n) is 3.26. The fraction of sp³-hybridized carbons (Fsp3) is 0.571. The Morgan fingerprint density at radius 3 is 3.00 bits per heavy atom. The van der Waals surface area contributed by atoms with Crippen molar-refractivity contribution in [3.63, 3.8) is 0 Å². The summed E-state index contributed by atoms with van der Waals surface area (Å²) >= 11 is 0. The molecule has 2 rings (SSSR count). The van der Waals surface area contributed by atoms with Crippen LogP contribution in [0.1, 0.15) is 31.0 Å². The highest BCUT2D eigenvalue weighted by molar-refractivity contribution is 5.54. The van der Waals surface area contributed by atoms with E-state index in [0.29, 0.717) is 5.56 Å². The number of hydrogen-bond acceptors (Lipinski definition) is 4. The van der Waals surface area contributed by atoms with Crippen LogP contribution in [0, 0.1) is 18.3 Å². The van der Waals surface area contributed by atoms with Gasteiger partial charge in [0, 0.05) is 25.4 Å². The number of aromatic nitrogens is 1. The van der Waals surface area contributed by atoms with Crippen LogP contribution in [-0.2, 0) is 4.74 Å². The molecule has 0 saturated carbocycles. The number of anilines is 1. The average Bonchev–Trinajstić information content (AvgIpc) is 2.88. The average molecular weight is 245 g/mol. The second-order valence-electron chi connectivity index (χ2n) is 4.61. The lowest BCUT2D eigenvalue weighted by Gasteiger charge is -2.26. The van der Waals surface area contributed by atoms with Crippen molar-refractivity contribution in [1.29, 1.82) is 5.26 Å². The largest absolute Gasteiger partial charge is 0.376 e. The lowest BCUT2D eigenvalue weighted by atomic mass is 10.2. The van der Waals surface area contributed by atoms with Crippen LogP contribution in [0.2, 0.25) is 0 Å². The van der Waals surface area contributed by atoms with Gasteiger partial charge in [-0.25, -0.2) is 4.98 Å². The zero-order valence-electron chi connectivity index (χ0n) is 11.0. The van der Waals surface area contributed by atoms with Crippen LogP contribution >= 0.6 is 0 Å². The van der Waals surface area contributed by atoms with E-state index in [4.69, 9.17) is 10.00 Å². The van der Waals surface area contributed by atoms with Gasteiger partial charge in [-0.05, 0) is 38.8 Å². The molecule has 4 nitrogen and oxygen atoms in total. The molecule has 0 aromatic carbocycles. The second kappa shape index (κ2) is 5.83. The molecule has 1 aliphatic heterocycles. The topological polar surface area (TPSA) is 49.1 Å². The molecule has 18 heavy (non-hydrogen) atoms. The summed E-state index contributed by atoms with van der Waals surface area (Å²) in [5.41, 5.74) is 1.58. The van der Waals surface area contributed by atoms with Crippen molar-refractivity contribution in [2.24, 2.45) is 0 Å². The zero-order valence-corrected chi connectivity index (χ0v) is 11.0. The Hall–Kier alpha value is -1.60. The number of nitrogens with zero attached hydrogens (tertiary/aromatic N) is 3. The highest BCUT2D eigenvalue weighted by Crippen LogP contribution is 2.21. The first-order valence-corrected chi connectivity index (χ1v) is 6.49. The van der Waals surface area contributed by atoms with Crippen LogP contribution in [-0.4, -0.2) is 30.8 Å². The quantitative estimate of drug-likeness (QED) is 0.816. The van der Waals surface area contributed by atoms with Gasteiger partial charge in [0.25, 0.3) is 0 Å². The normalized spacial score (nSPS) is 18.6. The number of aryl methyl sites for hydroxylation is 1. The van der Waals surface area contributed by atoms with Crippen LogP contribution in [0.15, 0.2) is 12.1 Å². The van der Waals surface area contributed by atoms with Gasteiger partial charge in [0.1, 0.15) is 11.9 Å². The van der Waals surface area contributed by atoms with Gasteiger partial charge in [-0.2, -0.15) is 5.26 Å². The van der Waals surface area contributed by atoms with Crippen molar-refractivity contribution in [3.8, 4) is 6.07 Å². The Kier molecular flexibility index (Phi) is 4.16. The van der Waals surface area contributed by atoms with Gasteiger partial charge < -0.3 is 9.64 Å². The second-order valence-corrected chi connectivity index (χ2v) is 4.61. The monoisotopic (exact) mass is 245 g/mol. The summed E-state index contributed by atoms with van der Waals surface area (Å²) in [6.45, 7) is 6.55. The standard InChI is InChI=1S/C14H19N3O/c1-3-17(10-13-5-4-8-18-13)14-12(9-15)7-6-11(2)16-14/h6-7,13H,3-5,8,10H2,1-2H3. The van der Waals surface area contributed by atoms with E-state index >= 15 is 0 Å². The SMILES string of the molecule is CCN(CC1CCCO1)c1nc(C)ccc1C#N. The van der Waals surface area contributed by atoms with Gasteiger partial charge in [0.05, 0.1) is 11.7 Å². The van der Waals surface area contributed by atoms with Crippen LogP contribution in [0.25, 0.3) is 0 Å². The van der Waals surface area contributed by atoms with Crippen molar-refractivity contribution in [1.82, 2.24) is 4.98 Å². The molecule has 1 saturated heterocycles. The molecular weight excluding hydrogens is 226 g/mol. The van der Waals surface area contributed by atoms with Crippen LogP contribution < -0.4 is 4.90 Å². The van der Waals surface area contributed by atoms with Crippen molar-refractivity contribution >= 4 is 5.82 Å². The van der Waals surface area contributed by atoms with Gasteiger partial charge in [0.15, 0.2) is 0 Å². The maximum Gasteiger partial charge on any atom is 0.146 e. The van der Waals surface area contributed by atoms with Crippen molar-refractivity contribution in [2.45, 2.75) is 32.8 Å². The first kappa shape index (κ1) is 12.8. The Morgan fingerprint density at radius 1 is 1.56 bits per heavy atom. The minimum absolute atomic E-state index is 0.277. The summed E-state index contributed by atoms with van der Waals surface area (Å²) in [6, 6.07) is 5.94. The Balaban J connectivity index is 2.20. The summed E-state index contributed by atoms with van der Waals surface area (Å²) in [5.74, 6) is 0.788. The lowest BCUT2D eigenvalue weighted by Crippen LogP contribution is -2.33.